The van der Waals surface area contributed by atoms with E-state index in [1.165, 1.54) is 6.20 Å². The number of carbonyl (C=O) groups excluding carboxylic acids is 2. The zero-order valence-electron chi connectivity index (χ0n) is 17.4. The smallest absolute Gasteiger partial charge is 0.341 e. The molecule has 8 heteroatoms. The molecule has 0 atom stereocenters. The maximum atomic E-state index is 13.3. The SMILES string of the molecule is CCOC(=O)c1cccnc1NC(=O)c1cc(-c2ccccc2)nc2c1c(C)nn2C. The molecular weight excluding hydrogens is 394 g/mol. The second-order valence-electron chi connectivity index (χ2n) is 6.90. The van der Waals surface area contributed by atoms with Gasteiger partial charge in [-0.25, -0.2) is 14.8 Å². The summed E-state index contributed by atoms with van der Waals surface area (Å²) in [5.74, 6) is -0.822. The number of pyridine rings is 2. The van der Waals surface area contributed by atoms with Gasteiger partial charge in [0.05, 0.1) is 28.9 Å². The van der Waals surface area contributed by atoms with Gasteiger partial charge in [0.15, 0.2) is 5.65 Å². The zero-order chi connectivity index (χ0) is 22.0. The monoisotopic (exact) mass is 415 g/mol. The van der Waals surface area contributed by atoms with E-state index in [-0.39, 0.29) is 18.0 Å². The molecule has 0 aliphatic heterocycles. The van der Waals surface area contributed by atoms with Gasteiger partial charge in [0.1, 0.15) is 11.4 Å². The fourth-order valence-electron chi connectivity index (χ4n) is 3.43. The van der Waals surface area contributed by atoms with E-state index >= 15 is 0 Å². The molecule has 31 heavy (non-hydrogen) atoms. The first-order valence-electron chi connectivity index (χ1n) is 9.82. The number of rotatable bonds is 5. The molecule has 1 aromatic carbocycles. The summed E-state index contributed by atoms with van der Waals surface area (Å²) in [4.78, 5) is 34.5. The summed E-state index contributed by atoms with van der Waals surface area (Å²) < 4.78 is 6.72. The van der Waals surface area contributed by atoms with Gasteiger partial charge >= 0.3 is 5.97 Å². The predicted octanol–water partition coefficient (Wildman–Crippen LogP) is 3.77. The molecular formula is C23H21N5O3. The summed E-state index contributed by atoms with van der Waals surface area (Å²) in [6, 6.07) is 14.5. The van der Waals surface area contributed by atoms with E-state index < -0.39 is 11.9 Å². The third-order valence-corrected chi connectivity index (χ3v) is 4.82. The molecule has 156 valence electrons. The molecule has 8 nitrogen and oxygen atoms in total. The minimum absolute atomic E-state index is 0.138. The number of aromatic nitrogens is 4. The number of fused-ring (bicyclic) bond motifs is 1. The predicted molar refractivity (Wildman–Crippen MR) is 117 cm³/mol. The van der Waals surface area contributed by atoms with Gasteiger partial charge in [0.2, 0.25) is 0 Å². The maximum absolute atomic E-state index is 13.3. The second kappa shape index (κ2) is 8.35. The van der Waals surface area contributed by atoms with Gasteiger partial charge < -0.3 is 10.1 Å². The Labute approximate surface area is 178 Å². The van der Waals surface area contributed by atoms with E-state index in [0.29, 0.717) is 28.0 Å². The quantitative estimate of drug-likeness (QED) is 0.498. The molecule has 1 amide bonds. The maximum Gasteiger partial charge on any atom is 0.341 e. The van der Waals surface area contributed by atoms with E-state index in [1.54, 1.807) is 36.9 Å². The summed E-state index contributed by atoms with van der Waals surface area (Å²) in [5, 5.41) is 7.83. The van der Waals surface area contributed by atoms with Crippen LogP contribution in [-0.2, 0) is 11.8 Å². The van der Waals surface area contributed by atoms with Crippen LogP contribution in [0, 0.1) is 6.92 Å². The van der Waals surface area contributed by atoms with Crippen molar-refractivity contribution in [2.75, 3.05) is 11.9 Å². The van der Waals surface area contributed by atoms with Gasteiger partial charge in [-0.05, 0) is 32.0 Å². The van der Waals surface area contributed by atoms with Crippen LogP contribution in [0.5, 0.6) is 0 Å². The van der Waals surface area contributed by atoms with Gasteiger partial charge in [-0.3, -0.25) is 9.48 Å². The number of carbonyl (C=O) groups is 2. The molecule has 0 bridgehead atoms. The summed E-state index contributed by atoms with van der Waals surface area (Å²) in [6.07, 6.45) is 1.51. The highest BCUT2D eigenvalue weighted by molar-refractivity contribution is 6.14. The molecule has 1 N–H and O–H groups in total. The Bertz CT molecular complexity index is 1280. The minimum atomic E-state index is -0.548. The molecule has 4 rings (SSSR count). The van der Waals surface area contributed by atoms with Crippen LogP contribution in [0.4, 0.5) is 5.82 Å². The summed E-state index contributed by atoms with van der Waals surface area (Å²) >= 11 is 0. The Hall–Kier alpha value is -4.07. The molecule has 0 saturated carbocycles. The van der Waals surface area contributed by atoms with Crippen molar-refractivity contribution >= 4 is 28.7 Å². The number of nitrogens with zero attached hydrogens (tertiary/aromatic N) is 4. The lowest BCUT2D eigenvalue weighted by Crippen LogP contribution is -2.18. The Kier molecular flexibility index (Phi) is 5.44. The zero-order valence-corrected chi connectivity index (χ0v) is 17.4. The van der Waals surface area contributed by atoms with Crippen LogP contribution in [0.15, 0.2) is 54.7 Å². The standard InChI is InChI=1S/C23H21N5O3/c1-4-31-23(30)16-11-8-12-24-20(16)26-22(29)17-13-18(15-9-6-5-7-10-15)25-21-19(17)14(2)27-28(21)3/h5-13H,4H2,1-3H3,(H,24,26,29). The molecule has 0 spiro atoms. The highest BCUT2D eigenvalue weighted by atomic mass is 16.5. The van der Waals surface area contributed by atoms with Gasteiger partial charge in [0, 0.05) is 18.8 Å². The van der Waals surface area contributed by atoms with Crippen molar-refractivity contribution in [2.45, 2.75) is 13.8 Å². The molecule has 0 unspecified atom stereocenters. The first-order valence-corrected chi connectivity index (χ1v) is 9.82. The number of hydrogen-bond donors (Lipinski definition) is 1. The third kappa shape index (κ3) is 3.87. The fourth-order valence-corrected chi connectivity index (χ4v) is 3.43. The van der Waals surface area contributed by atoms with E-state index in [9.17, 15) is 9.59 Å². The average Bonchev–Trinajstić information content (AvgIpc) is 3.07. The number of anilines is 1. The van der Waals surface area contributed by atoms with Crippen LogP contribution in [0.2, 0.25) is 0 Å². The van der Waals surface area contributed by atoms with Crippen molar-refractivity contribution in [3.8, 4) is 11.3 Å². The number of ether oxygens (including phenoxy) is 1. The van der Waals surface area contributed by atoms with Crippen molar-refractivity contribution in [3.05, 3.63) is 71.5 Å². The highest BCUT2D eigenvalue weighted by Crippen LogP contribution is 2.27. The van der Waals surface area contributed by atoms with Crippen molar-refractivity contribution in [1.82, 2.24) is 19.7 Å². The summed E-state index contributed by atoms with van der Waals surface area (Å²) in [7, 11) is 1.79. The first kappa shape index (κ1) is 20.2. The third-order valence-electron chi connectivity index (χ3n) is 4.82. The molecule has 0 fully saturated rings. The van der Waals surface area contributed by atoms with E-state index in [1.807, 2.05) is 37.3 Å². The number of esters is 1. The molecule has 3 aromatic heterocycles. The van der Waals surface area contributed by atoms with Gasteiger partial charge in [-0.15, -0.1) is 0 Å². The van der Waals surface area contributed by atoms with Crippen LogP contribution >= 0.6 is 0 Å². The van der Waals surface area contributed by atoms with Crippen LogP contribution in [0.3, 0.4) is 0 Å². The van der Waals surface area contributed by atoms with Crippen molar-refractivity contribution < 1.29 is 14.3 Å². The Morgan fingerprint density at radius 2 is 1.87 bits per heavy atom. The lowest BCUT2D eigenvalue weighted by Gasteiger charge is -2.11. The Morgan fingerprint density at radius 3 is 2.61 bits per heavy atom. The molecule has 0 aliphatic rings. The largest absolute Gasteiger partial charge is 0.462 e. The Balaban J connectivity index is 1.81. The van der Waals surface area contributed by atoms with Gasteiger partial charge in [-0.1, -0.05) is 30.3 Å². The molecule has 0 radical (unpaired) electrons. The van der Waals surface area contributed by atoms with Crippen molar-refractivity contribution in [3.63, 3.8) is 0 Å². The number of amides is 1. The van der Waals surface area contributed by atoms with Crippen LogP contribution in [-0.4, -0.2) is 38.2 Å². The molecule has 0 saturated heterocycles. The average molecular weight is 415 g/mol. The van der Waals surface area contributed by atoms with E-state index in [4.69, 9.17) is 9.72 Å². The minimum Gasteiger partial charge on any atom is -0.462 e. The number of nitrogens with one attached hydrogen (secondary N) is 1. The van der Waals surface area contributed by atoms with E-state index in [0.717, 1.165) is 5.56 Å². The number of hydrogen-bond acceptors (Lipinski definition) is 6. The van der Waals surface area contributed by atoms with Gasteiger partial charge in [0.25, 0.3) is 5.91 Å². The molecule has 3 heterocycles. The normalized spacial score (nSPS) is 10.8. The summed E-state index contributed by atoms with van der Waals surface area (Å²) in [5.41, 5.74) is 3.39. The lowest BCUT2D eigenvalue weighted by molar-refractivity contribution is 0.0527. The lowest BCUT2D eigenvalue weighted by atomic mass is 10.0. The Morgan fingerprint density at radius 1 is 1.10 bits per heavy atom. The van der Waals surface area contributed by atoms with Crippen molar-refractivity contribution in [1.29, 1.82) is 0 Å². The topological polar surface area (TPSA) is 99.0 Å². The van der Waals surface area contributed by atoms with Crippen LogP contribution < -0.4 is 5.32 Å². The second-order valence-corrected chi connectivity index (χ2v) is 6.90. The number of aryl methyl sites for hydroxylation is 2. The summed E-state index contributed by atoms with van der Waals surface area (Å²) in [6.45, 7) is 3.77. The van der Waals surface area contributed by atoms with Crippen LogP contribution in [0.25, 0.3) is 22.3 Å². The van der Waals surface area contributed by atoms with Crippen molar-refractivity contribution in [2.24, 2.45) is 7.05 Å². The van der Waals surface area contributed by atoms with Gasteiger partial charge in [-0.2, -0.15) is 5.10 Å². The number of benzene rings is 1. The molecule has 4 aromatic rings. The molecule has 0 aliphatic carbocycles. The highest BCUT2D eigenvalue weighted by Gasteiger charge is 2.22. The van der Waals surface area contributed by atoms with Crippen LogP contribution in [0.1, 0.15) is 33.3 Å². The fraction of sp³-hybridized carbons (Fsp3) is 0.174. The van der Waals surface area contributed by atoms with E-state index in [2.05, 4.69) is 15.4 Å². The first-order chi connectivity index (χ1) is 15.0.